The van der Waals surface area contributed by atoms with Gasteiger partial charge in [-0.3, -0.25) is 9.78 Å². The van der Waals surface area contributed by atoms with Crippen LogP contribution < -0.4 is 5.73 Å². The topological polar surface area (TPSA) is 116 Å². The van der Waals surface area contributed by atoms with Crippen LogP contribution >= 0.6 is 0 Å². The van der Waals surface area contributed by atoms with Crippen LogP contribution in [0.4, 0.5) is 5.82 Å². The van der Waals surface area contributed by atoms with E-state index in [-0.39, 0.29) is 22.1 Å². The van der Waals surface area contributed by atoms with Gasteiger partial charge in [0.2, 0.25) is 5.78 Å². The quantitative estimate of drug-likeness (QED) is 0.471. The number of allylic oxidation sites excluding steroid dienone is 5. The molecule has 0 aliphatic carbocycles. The third-order valence-electron chi connectivity index (χ3n) is 3.40. The second kappa shape index (κ2) is 7.83. The number of aromatic nitrogens is 3. The molecule has 0 aliphatic rings. The fourth-order valence-electron chi connectivity index (χ4n) is 2.04. The van der Waals surface area contributed by atoms with Crippen LogP contribution in [0.15, 0.2) is 66.0 Å². The Morgan fingerprint density at radius 2 is 2.00 bits per heavy atom. The highest BCUT2D eigenvalue weighted by molar-refractivity contribution is 7.90. The molecule has 8 heteroatoms. The van der Waals surface area contributed by atoms with E-state index in [0.717, 1.165) is 6.26 Å². The van der Waals surface area contributed by atoms with Gasteiger partial charge in [-0.15, -0.1) is 0 Å². The van der Waals surface area contributed by atoms with Gasteiger partial charge in [-0.25, -0.2) is 18.4 Å². The van der Waals surface area contributed by atoms with Gasteiger partial charge in [0.25, 0.3) is 0 Å². The van der Waals surface area contributed by atoms with Crippen LogP contribution in [0, 0.1) is 0 Å². The largest absolute Gasteiger partial charge is 0.382 e. The molecule has 7 nitrogen and oxygen atoms in total. The lowest BCUT2D eigenvalue weighted by molar-refractivity contribution is 0.103. The van der Waals surface area contributed by atoms with E-state index in [4.69, 9.17) is 5.73 Å². The molecule has 134 valence electrons. The summed E-state index contributed by atoms with van der Waals surface area (Å²) in [4.78, 5) is 24.9. The number of carbonyl (C=O) groups is 1. The van der Waals surface area contributed by atoms with Crippen molar-refractivity contribution in [3.8, 4) is 11.3 Å². The molecule has 0 unspecified atom stereocenters. The van der Waals surface area contributed by atoms with E-state index in [9.17, 15) is 13.2 Å². The zero-order valence-corrected chi connectivity index (χ0v) is 15.2. The van der Waals surface area contributed by atoms with Crippen molar-refractivity contribution < 1.29 is 13.2 Å². The molecule has 0 spiro atoms. The number of hydrogen-bond donors (Lipinski definition) is 1. The molecule has 2 N–H and O–H groups in total. The Kier molecular flexibility index (Phi) is 5.78. The average molecular weight is 370 g/mol. The predicted octanol–water partition coefficient (Wildman–Crippen LogP) is 2.40. The van der Waals surface area contributed by atoms with Crippen LogP contribution in [0.5, 0.6) is 0 Å². The first-order valence-electron chi connectivity index (χ1n) is 7.56. The maximum atomic E-state index is 12.6. The highest BCUT2D eigenvalue weighted by Crippen LogP contribution is 2.22. The summed E-state index contributed by atoms with van der Waals surface area (Å²) in [5.74, 6) is -0.462. The molecule has 2 aromatic heterocycles. The SMILES string of the molecule is C=C/C(=C\C=C/C)C(=O)c1nc(-c2cncc(S(C)(=O)=O)c2)cnc1N. The van der Waals surface area contributed by atoms with Crippen molar-refractivity contribution in [3.05, 3.63) is 66.8 Å². The van der Waals surface area contributed by atoms with Gasteiger partial charge in [0.1, 0.15) is 0 Å². The first-order chi connectivity index (χ1) is 12.3. The minimum atomic E-state index is -3.43. The first-order valence-corrected chi connectivity index (χ1v) is 9.45. The van der Waals surface area contributed by atoms with Crippen LogP contribution in [0.3, 0.4) is 0 Å². The number of Topliss-reactive ketones (excluding diaryl/α,β-unsaturated/α-hetero) is 1. The minimum Gasteiger partial charge on any atom is -0.382 e. The zero-order chi connectivity index (χ0) is 19.3. The number of nitrogens with two attached hydrogens (primary N) is 1. The van der Waals surface area contributed by atoms with Gasteiger partial charge in [-0.05, 0) is 13.0 Å². The van der Waals surface area contributed by atoms with Gasteiger partial charge < -0.3 is 5.73 Å². The Morgan fingerprint density at radius 1 is 1.27 bits per heavy atom. The minimum absolute atomic E-state index is 0.0285. The molecule has 2 rings (SSSR count). The molecule has 0 aromatic carbocycles. The first kappa shape index (κ1) is 19.2. The molecule has 0 atom stereocenters. The van der Waals surface area contributed by atoms with Crippen molar-refractivity contribution in [2.75, 3.05) is 12.0 Å². The number of sulfone groups is 1. The molecule has 0 saturated heterocycles. The molecular weight excluding hydrogens is 352 g/mol. The molecular formula is C18H18N4O3S. The van der Waals surface area contributed by atoms with E-state index in [1.807, 2.05) is 6.92 Å². The summed E-state index contributed by atoms with van der Waals surface area (Å²) >= 11 is 0. The number of anilines is 1. The smallest absolute Gasteiger partial charge is 0.215 e. The lowest BCUT2D eigenvalue weighted by Crippen LogP contribution is -2.11. The molecule has 0 saturated carbocycles. The molecule has 0 aliphatic heterocycles. The molecule has 0 amide bonds. The summed E-state index contributed by atoms with van der Waals surface area (Å²) in [6.45, 7) is 5.44. The molecule has 26 heavy (non-hydrogen) atoms. The summed E-state index contributed by atoms with van der Waals surface area (Å²) in [5, 5.41) is 0. The van der Waals surface area contributed by atoms with Crippen LogP contribution in [0.2, 0.25) is 0 Å². The average Bonchev–Trinajstić information content (AvgIpc) is 2.62. The molecule has 0 bridgehead atoms. The van der Waals surface area contributed by atoms with Crippen LogP contribution in [-0.2, 0) is 9.84 Å². The van der Waals surface area contributed by atoms with Crippen LogP contribution in [0.25, 0.3) is 11.3 Å². The van der Waals surface area contributed by atoms with E-state index in [0.29, 0.717) is 11.1 Å². The van der Waals surface area contributed by atoms with Crippen molar-refractivity contribution in [2.24, 2.45) is 0 Å². The zero-order valence-electron chi connectivity index (χ0n) is 14.4. The molecule has 0 radical (unpaired) electrons. The number of ketones is 1. The number of nitrogen functional groups attached to an aromatic ring is 1. The van der Waals surface area contributed by atoms with Crippen LogP contribution in [0.1, 0.15) is 17.4 Å². The van der Waals surface area contributed by atoms with Crippen molar-refractivity contribution in [3.63, 3.8) is 0 Å². The highest BCUT2D eigenvalue weighted by Gasteiger charge is 2.18. The molecule has 2 heterocycles. The maximum absolute atomic E-state index is 12.6. The van der Waals surface area contributed by atoms with Crippen LogP contribution in [-0.4, -0.2) is 35.4 Å². The van der Waals surface area contributed by atoms with Gasteiger partial charge in [0, 0.05) is 29.8 Å². The standard InChI is InChI=1S/C18H18N4O3S/c1-4-6-7-12(5-2)17(23)16-18(19)21-11-15(22-16)13-8-14(10-20-9-13)26(3,24)25/h4-11H,2H2,1,3H3,(H2,19,21)/b6-4-,12-7+. The molecule has 0 fully saturated rings. The lowest BCUT2D eigenvalue weighted by atomic mass is 10.1. The second-order valence-corrected chi connectivity index (χ2v) is 7.37. The number of carbonyl (C=O) groups excluding carboxylic acids is 1. The summed E-state index contributed by atoms with van der Waals surface area (Å²) in [6.07, 6.45) is 11.6. The Labute approximate surface area is 151 Å². The normalized spacial score (nSPS) is 12.3. The second-order valence-electron chi connectivity index (χ2n) is 5.35. The lowest BCUT2D eigenvalue weighted by Gasteiger charge is -2.07. The van der Waals surface area contributed by atoms with E-state index in [1.54, 1.807) is 18.2 Å². The van der Waals surface area contributed by atoms with Crippen molar-refractivity contribution >= 4 is 21.4 Å². The van der Waals surface area contributed by atoms with Crippen molar-refractivity contribution in [2.45, 2.75) is 11.8 Å². The van der Waals surface area contributed by atoms with E-state index >= 15 is 0 Å². The van der Waals surface area contributed by atoms with Gasteiger partial charge in [0.15, 0.2) is 21.3 Å². The summed E-state index contributed by atoms with van der Waals surface area (Å²) in [7, 11) is -3.43. The fraction of sp³-hybridized carbons (Fsp3) is 0.111. The van der Waals surface area contributed by atoms with Crippen molar-refractivity contribution in [1.82, 2.24) is 15.0 Å². The third-order valence-corrected chi connectivity index (χ3v) is 4.48. The summed E-state index contributed by atoms with van der Waals surface area (Å²) in [6, 6.07) is 1.42. The molecule has 2 aromatic rings. The Morgan fingerprint density at radius 3 is 2.62 bits per heavy atom. The Bertz CT molecular complexity index is 1020. The predicted molar refractivity (Wildman–Crippen MR) is 100 cm³/mol. The van der Waals surface area contributed by atoms with Gasteiger partial charge in [0.05, 0.1) is 16.8 Å². The Hall–Kier alpha value is -3.13. The van der Waals surface area contributed by atoms with Crippen molar-refractivity contribution in [1.29, 1.82) is 0 Å². The van der Waals surface area contributed by atoms with Gasteiger partial charge >= 0.3 is 0 Å². The van der Waals surface area contributed by atoms with E-state index in [1.165, 1.54) is 30.7 Å². The monoisotopic (exact) mass is 370 g/mol. The fourth-order valence-corrected chi connectivity index (χ4v) is 2.63. The number of hydrogen-bond acceptors (Lipinski definition) is 7. The Balaban J connectivity index is 2.55. The van der Waals surface area contributed by atoms with E-state index in [2.05, 4.69) is 21.5 Å². The number of rotatable bonds is 6. The summed E-state index contributed by atoms with van der Waals surface area (Å²) < 4.78 is 23.4. The summed E-state index contributed by atoms with van der Waals surface area (Å²) in [5.41, 5.74) is 6.77. The number of nitrogens with zero attached hydrogens (tertiary/aromatic N) is 3. The number of pyridine rings is 1. The van der Waals surface area contributed by atoms with E-state index < -0.39 is 15.6 Å². The maximum Gasteiger partial charge on any atom is 0.215 e. The van der Waals surface area contributed by atoms with Gasteiger partial charge in [-0.1, -0.05) is 30.9 Å². The third kappa shape index (κ3) is 4.28. The van der Waals surface area contributed by atoms with Gasteiger partial charge in [-0.2, -0.15) is 0 Å². The highest BCUT2D eigenvalue weighted by atomic mass is 32.2.